The van der Waals surface area contributed by atoms with E-state index in [9.17, 15) is 4.79 Å². The van der Waals surface area contributed by atoms with Crippen molar-refractivity contribution in [3.8, 4) is 17.3 Å². The molecule has 0 N–H and O–H groups in total. The molecule has 1 atom stereocenters. The molecule has 1 aromatic carbocycles. The Morgan fingerprint density at radius 2 is 2.09 bits per heavy atom. The normalized spacial score (nSPS) is 11.7. The smallest absolute Gasteiger partial charge is 0.340 e. The van der Waals surface area contributed by atoms with Crippen molar-refractivity contribution in [2.24, 2.45) is 0 Å². The van der Waals surface area contributed by atoms with E-state index in [2.05, 4.69) is 9.97 Å². The molecule has 23 heavy (non-hydrogen) atoms. The van der Waals surface area contributed by atoms with E-state index in [-0.39, 0.29) is 0 Å². The van der Waals surface area contributed by atoms with Crippen LogP contribution in [0.5, 0.6) is 0 Å². The molecule has 0 saturated carbocycles. The van der Waals surface area contributed by atoms with E-state index in [1.54, 1.807) is 18.5 Å². The van der Waals surface area contributed by atoms with Gasteiger partial charge in [-0.3, -0.25) is 4.98 Å². The van der Waals surface area contributed by atoms with Crippen molar-refractivity contribution < 1.29 is 9.53 Å². The number of para-hydroxylation sites is 1. The number of esters is 1. The lowest BCUT2D eigenvalue weighted by Crippen LogP contribution is -2.14. The first kappa shape index (κ1) is 14.7. The first-order valence-corrected chi connectivity index (χ1v) is 7.10. The van der Waals surface area contributed by atoms with Crippen molar-refractivity contribution >= 4 is 16.9 Å². The molecule has 0 bridgehead atoms. The zero-order valence-electron chi connectivity index (χ0n) is 12.4. The van der Waals surface area contributed by atoms with Gasteiger partial charge in [0.05, 0.1) is 16.8 Å². The zero-order chi connectivity index (χ0) is 16.2. The molecule has 0 radical (unpaired) electrons. The maximum Gasteiger partial charge on any atom is 0.340 e. The van der Waals surface area contributed by atoms with Crippen LogP contribution in [0.2, 0.25) is 0 Å². The van der Waals surface area contributed by atoms with Gasteiger partial charge in [-0.05, 0) is 31.2 Å². The number of hydrogen-bond donors (Lipinski definition) is 0. The van der Waals surface area contributed by atoms with E-state index in [1.807, 2.05) is 42.5 Å². The van der Waals surface area contributed by atoms with Gasteiger partial charge in [-0.2, -0.15) is 5.26 Å². The van der Waals surface area contributed by atoms with Gasteiger partial charge >= 0.3 is 5.97 Å². The lowest BCUT2D eigenvalue weighted by molar-refractivity contribution is 0.0438. The Morgan fingerprint density at radius 3 is 2.83 bits per heavy atom. The Bertz CT molecular complexity index is 901. The third-order valence-corrected chi connectivity index (χ3v) is 3.36. The Hall–Kier alpha value is -3.26. The summed E-state index contributed by atoms with van der Waals surface area (Å²) in [5, 5.41) is 9.52. The summed E-state index contributed by atoms with van der Waals surface area (Å²) in [6, 6.07) is 14.6. The van der Waals surface area contributed by atoms with E-state index in [0.29, 0.717) is 22.2 Å². The van der Waals surface area contributed by atoms with Gasteiger partial charge in [0.25, 0.3) is 0 Å². The number of aromatic nitrogens is 2. The summed E-state index contributed by atoms with van der Waals surface area (Å²) in [5.41, 5.74) is 2.51. The SMILES string of the molecule is C[C@H](C#N)OC(=O)c1cc(-c2cccnc2)nc2ccccc12. The number of ether oxygens (including phenoxy) is 1. The molecule has 2 aromatic heterocycles. The van der Waals surface area contributed by atoms with Crippen molar-refractivity contribution in [3.05, 3.63) is 60.4 Å². The van der Waals surface area contributed by atoms with Gasteiger partial charge in [0, 0.05) is 23.3 Å². The van der Waals surface area contributed by atoms with Crippen LogP contribution in [0.4, 0.5) is 0 Å². The summed E-state index contributed by atoms with van der Waals surface area (Å²) in [6.45, 7) is 1.53. The molecule has 0 saturated heterocycles. The average molecular weight is 303 g/mol. The molecule has 0 amide bonds. The number of hydrogen-bond acceptors (Lipinski definition) is 5. The standard InChI is InChI=1S/C18H13N3O2/c1-12(10-19)23-18(22)15-9-17(13-5-4-8-20-11-13)21-16-7-3-2-6-14(15)16/h2-9,11-12H,1H3/t12-/m1/s1. The maximum atomic E-state index is 12.4. The largest absolute Gasteiger partial charge is 0.444 e. The quantitative estimate of drug-likeness (QED) is 0.693. The van der Waals surface area contributed by atoms with E-state index in [4.69, 9.17) is 10.00 Å². The number of nitrogens with zero attached hydrogens (tertiary/aromatic N) is 3. The van der Waals surface area contributed by atoms with Crippen molar-refractivity contribution in [1.29, 1.82) is 5.26 Å². The molecule has 3 rings (SSSR count). The highest BCUT2D eigenvalue weighted by molar-refractivity contribution is 6.04. The van der Waals surface area contributed by atoms with Crippen LogP contribution in [-0.2, 0) is 4.74 Å². The lowest BCUT2D eigenvalue weighted by atomic mass is 10.1. The summed E-state index contributed by atoms with van der Waals surface area (Å²) in [4.78, 5) is 21.0. The monoisotopic (exact) mass is 303 g/mol. The summed E-state index contributed by atoms with van der Waals surface area (Å²) >= 11 is 0. The molecular weight excluding hydrogens is 290 g/mol. The Morgan fingerprint density at radius 1 is 1.26 bits per heavy atom. The Labute approximate surface area is 133 Å². The molecule has 112 valence electrons. The fourth-order valence-corrected chi connectivity index (χ4v) is 2.26. The average Bonchev–Trinajstić information content (AvgIpc) is 2.61. The van der Waals surface area contributed by atoms with Crippen molar-refractivity contribution in [1.82, 2.24) is 9.97 Å². The third-order valence-electron chi connectivity index (χ3n) is 3.36. The van der Waals surface area contributed by atoms with Crippen LogP contribution in [0, 0.1) is 11.3 Å². The molecule has 0 aliphatic heterocycles. The van der Waals surface area contributed by atoms with Gasteiger partial charge < -0.3 is 4.74 Å². The van der Waals surface area contributed by atoms with Crippen molar-refractivity contribution in [2.45, 2.75) is 13.0 Å². The summed E-state index contributed by atoms with van der Waals surface area (Å²) in [6.07, 6.45) is 2.55. The van der Waals surface area contributed by atoms with Crippen LogP contribution in [-0.4, -0.2) is 22.0 Å². The summed E-state index contributed by atoms with van der Waals surface area (Å²) in [7, 11) is 0. The zero-order valence-corrected chi connectivity index (χ0v) is 12.4. The molecule has 5 nitrogen and oxygen atoms in total. The number of fused-ring (bicyclic) bond motifs is 1. The highest BCUT2D eigenvalue weighted by Crippen LogP contribution is 2.25. The predicted molar refractivity (Wildman–Crippen MR) is 85.5 cm³/mol. The number of carbonyl (C=O) groups excluding carboxylic acids is 1. The highest BCUT2D eigenvalue weighted by atomic mass is 16.5. The van der Waals surface area contributed by atoms with Crippen LogP contribution >= 0.6 is 0 Å². The number of carbonyl (C=O) groups is 1. The minimum Gasteiger partial charge on any atom is -0.444 e. The number of nitriles is 1. The molecule has 0 unspecified atom stereocenters. The van der Waals surface area contributed by atoms with Gasteiger partial charge in [0.2, 0.25) is 0 Å². The van der Waals surface area contributed by atoms with Crippen LogP contribution in [0.15, 0.2) is 54.9 Å². The van der Waals surface area contributed by atoms with E-state index >= 15 is 0 Å². The lowest BCUT2D eigenvalue weighted by Gasteiger charge is -2.10. The first-order valence-electron chi connectivity index (χ1n) is 7.10. The van der Waals surface area contributed by atoms with Gasteiger partial charge in [0.15, 0.2) is 6.10 Å². The van der Waals surface area contributed by atoms with Gasteiger partial charge in [-0.1, -0.05) is 18.2 Å². The van der Waals surface area contributed by atoms with E-state index < -0.39 is 12.1 Å². The van der Waals surface area contributed by atoms with Gasteiger partial charge in [-0.15, -0.1) is 0 Å². The minimum atomic E-state index is -0.809. The predicted octanol–water partition coefficient (Wildman–Crippen LogP) is 3.37. The maximum absolute atomic E-state index is 12.4. The molecule has 3 aromatic rings. The highest BCUT2D eigenvalue weighted by Gasteiger charge is 2.17. The second kappa shape index (κ2) is 6.24. The van der Waals surface area contributed by atoms with Crippen LogP contribution in [0.1, 0.15) is 17.3 Å². The fraction of sp³-hybridized carbons (Fsp3) is 0.111. The van der Waals surface area contributed by atoms with E-state index in [1.165, 1.54) is 6.92 Å². The van der Waals surface area contributed by atoms with Crippen molar-refractivity contribution in [2.75, 3.05) is 0 Å². The second-order valence-electron chi connectivity index (χ2n) is 4.99. The molecule has 0 aliphatic carbocycles. The third kappa shape index (κ3) is 3.01. The Kier molecular flexibility index (Phi) is 3.98. The molecular formula is C18H13N3O2. The summed E-state index contributed by atoms with van der Waals surface area (Å²) < 4.78 is 5.14. The van der Waals surface area contributed by atoms with Crippen molar-refractivity contribution in [3.63, 3.8) is 0 Å². The molecule has 2 heterocycles. The number of benzene rings is 1. The second-order valence-corrected chi connectivity index (χ2v) is 4.99. The van der Waals surface area contributed by atoms with Crippen LogP contribution in [0.3, 0.4) is 0 Å². The van der Waals surface area contributed by atoms with Gasteiger partial charge in [-0.25, -0.2) is 9.78 Å². The van der Waals surface area contributed by atoms with Gasteiger partial charge in [0.1, 0.15) is 6.07 Å². The molecule has 0 spiro atoms. The molecule has 0 aliphatic rings. The number of pyridine rings is 2. The first-order chi connectivity index (χ1) is 11.2. The molecule has 5 heteroatoms. The minimum absolute atomic E-state index is 0.386. The molecule has 0 fully saturated rings. The van der Waals surface area contributed by atoms with E-state index in [0.717, 1.165) is 5.56 Å². The van der Waals surface area contributed by atoms with Crippen LogP contribution < -0.4 is 0 Å². The Balaban J connectivity index is 2.15. The van der Waals surface area contributed by atoms with Crippen LogP contribution in [0.25, 0.3) is 22.2 Å². The number of rotatable bonds is 3. The fourth-order valence-electron chi connectivity index (χ4n) is 2.26. The summed E-state index contributed by atoms with van der Waals surface area (Å²) in [5.74, 6) is -0.539. The topological polar surface area (TPSA) is 75.9 Å².